The van der Waals surface area contributed by atoms with Gasteiger partial charge in [-0.05, 0) is 38.8 Å². The zero-order valence-corrected chi connectivity index (χ0v) is 18.1. The number of nitrogens with zero attached hydrogens (tertiary/aromatic N) is 2. The van der Waals surface area contributed by atoms with E-state index in [1.807, 2.05) is 6.07 Å². The first-order valence-corrected chi connectivity index (χ1v) is 10.4. The second-order valence-corrected chi connectivity index (χ2v) is 8.18. The highest BCUT2D eigenvalue weighted by Crippen LogP contribution is 2.28. The zero-order valence-electron chi connectivity index (χ0n) is 16.5. The van der Waals surface area contributed by atoms with Crippen molar-refractivity contribution in [3.63, 3.8) is 0 Å². The van der Waals surface area contributed by atoms with Gasteiger partial charge in [0.25, 0.3) is 5.91 Å². The van der Waals surface area contributed by atoms with Gasteiger partial charge in [-0.1, -0.05) is 23.2 Å². The number of hydrogen-bond donors (Lipinski definition) is 3. The fourth-order valence-electron chi connectivity index (χ4n) is 3.50. The monoisotopic (exact) mass is 440 g/mol. The molecular weight excluding hydrogens is 415 g/mol. The molecule has 29 heavy (non-hydrogen) atoms. The molecule has 1 atom stereocenters. The van der Waals surface area contributed by atoms with Crippen LogP contribution in [0.2, 0.25) is 10.0 Å². The van der Waals surface area contributed by atoms with Crippen LogP contribution in [0.3, 0.4) is 0 Å². The molecule has 1 aliphatic rings. The van der Waals surface area contributed by atoms with Crippen molar-refractivity contribution in [1.82, 2.24) is 20.4 Å². The standard InChI is InChI=1S/C20H26Cl2N4O3/c1-12-19(13(2)25-24-12)20(28)23-10-14(27)11-26-7-5-15(6-8-26)29-16-3-4-17(21)18(22)9-16/h3-4,9,14-15,27H,5-8,10-11H2,1-2H3,(H,23,28)(H,24,25)/t14-/m1/s1. The average Bonchev–Trinajstić information content (AvgIpc) is 3.03. The minimum atomic E-state index is -0.640. The summed E-state index contributed by atoms with van der Waals surface area (Å²) in [6, 6.07) is 5.27. The van der Waals surface area contributed by atoms with Crippen LogP contribution in [-0.4, -0.2) is 64.5 Å². The van der Waals surface area contributed by atoms with Crippen molar-refractivity contribution in [3.8, 4) is 5.75 Å². The Morgan fingerprint density at radius 2 is 2.07 bits per heavy atom. The number of benzene rings is 1. The van der Waals surface area contributed by atoms with Gasteiger partial charge in [-0.25, -0.2) is 0 Å². The van der Waals surface area contributed by atoms with E-state index < -0.39 is 6.10 Å². The molecule has 0 bridgehead atoms. The molecular formula is C20H26Cl2N4O3. The lowest BCUT2D eigenvalue weighted by Gasteiger charge is -2.33. The van der Waals surface area contributed by atoms with E-state index in [2.05, 4.69) is 20.4 Å². The smallest absolute Gasteiger partial charge is 0.255 e. The number of rotatable bonds is 7. The number of amides is 1. The second-order valence-electron chi connectivity index (χ2n) is 7.37. The predicted molar refractivity (Wildman–Crippen MR) is 113 cm³/mol. The number of ether oxygens (including phenoxy) is 1. The van der Waals surface area contributed by atoms with Crippen molar-refractivity contribution < 1.29 is 14.6 Å². The van der Waals surface area contributed by atoms with Crippen molar-refractivity contribution in [1.29, 1.82) is 0 Å². The Hall–Kier alpha value is -1.80. The lowest BCUT2D eigenvalue weighted by atomic mass is 10.1. The highest BCUT2D eigenvalue weighted by Gasteiger charge is 2.23. The number of hydrogen-bond acceptors (Lipinski definition) is 5. The van der Waals surface area contributed by atoms with Crippen molar-refractivity contribution in [2.24, 2.45) is 0 Å². The summed E-state index contributed by atoms with van der Waals surface area (Å²) in [5.41, 5.74) is 1.91. The Labute approximate surface area is 180 Å². The summed E-state index contributed by atoms with van der Waals surface area (Å²) in [6.45, 7) is 5.91. The third-order valence-electron chi connectivity index (χ3n) is 5.05. The summed E-state index contributed by atoms with van der Waals surface area (Å²) in [5.74, 6) is 0.493. The van der Waals surface area contributed by atoms with E-state index in [9.17, 15) is 9.90 Å². The first kappa shape index (κ1) is 21.9. The Morgan fingerprint density at radius 1 is 1.34 bits per heavy atom. The van der Waals surface area contributed by atoms with Crippen LogP contribution in [-0.2, 0) is 0 Å². The summed E-state index contributed by atoms with van der Waals surface area (Å²) < 4.78 is 5.99. The Bertz CT molecular complexity index is 831. The number of aliphatic hydroxyl groups is 1. The Kier molecular flexibility index (Phi) is 7.40. The van der Waals surface area contributed by atoms with Gasteiger partial charge in [0.05, 0.1) is 27.4 Å². The lowest BCUT2D eigenvalue weighted by Crippen LogP contribution is -2.45. The molecule has 3 rings (SSSR count). The van der Waals surface area contributed by atoms with Crippen molar-refractivity contribution in [2.75, 3.05) is 26.2 Å². The molecule has 7 nitrogen and oxygen atoms in total. The maximum Gasteiger partial charge on any atom is 0.255 e. The molecule has 0 spiro atoms. The molecule has 1 aliphatic heterocycles. The first-order chi connectivity index (χ1) is 13.8. The maximum atomic E-state index is 12.3. The molecule has 1 amide bonds. The van der Waals surface area contributed by atoms with Crippen molar-refractivity contribution >= 4 is 29.1 Å². The summed E-state index contributed by atoms with van der Waals surface area (Å²) in [6.07, 6.45) is 1.17. The summed E-state index contributed by atoms with van der Waals surface area (Å²) in [4.78, 5) is 14.5. The topological polar surface area (TPSA) is 90.5 Å². The van der Waals surface area contributed by atoms with E-state index in [-0.39, 0.29) is 18.6 Å². The fourth-order valence-corrected chi connectivity index (χ4v) is 3.79. The van der Waals surface area contributed by atoms with Crippen LogP contribution in [0.5, 0.6) is 5.75 Å². The minimum absolute atomic E-state index is 0.104. The van der Waals surface area contributed by atoms with Gasteiger partial charge in [0.15, 0.2) is 0 Å². The minimum Gasteiger partial charge on any atom is -0.490 e. The number of aromatic nitrogens is 2. The van der Waals surface area contributed by atoms with Gasteiger partial charge in [0, 0.05) is 37.9 Å². The van der Waals surface area contributed by atoms with Crippen LogP contribution in [0.15, 0.2) is 18.2 Å². The van der Waals surface area contributed by atoms with Crippen molar-refractivity contribution in [2.45, 2.75) is 38.9 Å². The van der Waals surface area contributed by atoms with Gasteiger partial charge in [0.1, 0.15) is 11.9 Å². The second kappa shape index (κ2) is 9.80. The van der Waals surface area contributed by atoms with E-state index in [4.69, 9.17) is 27.9 Å². The van der Waals surface area contributed by atoms with E-state index in [1.54, 1.807) is 26.0 Å². The molecule has 2 aromatic rings. The number of β-amino-alcohol motifs (C(OH)–C–C–N with tert-alkyl or cyclic N) is 1. The van der Waals surface area contributed by atoms with Crippen LogP contribution in [0.4, 0.5) is 0 Å². The first-order valence-electron chi connectivity index (χ1n) is 9.65. The molecule has 1 fully saturated rings. The number of piperidine rings is 1. The zero-order chi connectivity index (χ0) is 21.0. The number of halogens is 2. The molecule has 3 N–H and O–H groups in total. The maximum absolute atomic E-state index is 12.3. The molecule has 9 heteroatoms. The molecule has 158 valence electrons. The molecule has 2 heterocycles. The van der Waals surface area contributed by atoms with E-state index >= 15 is 0 Å². The molecule has 0 unspecified atom stereocenters. The third kappa shape index (κ3) is 5.85. The van der Waals surface area contributed by atoms with E-state index in [0.717, 1.165) is 31.6 Å². The predicted octanol–water partition coefficient (Wildman–Crippen LogP) is 2.97. The number of nitrogens with one attached hydrogen (secondary N) is 2. The molecule has 0 radical (unpaired) electrons. The highest BCUT2D eigenvalue weighted by atomic mass is 35.5. The van der Waals surface area contributed by atoms with Crippen LogP contribution < -0.4 is 10.1 Å². The number of carbonyl (C=O) groups excluding carboxylic acids is 1. The van der Waals surface area contributed by atoms with Gasteiger partial charge in [0.2, 0.25) is 0 Å². The molecule has 1 aromatic heterocycles. The quantitative estimate of drug-likeness (QED) is 0.615. The lowest BCUT2D eigenvalue weighted by molar-refractivity contribution is 0.0594. The van der Waals surface area contributed by atoms with Gasteiger partial charge in [-0.3, -0.25) is 9.89 Å². The molecule has 0 aliphatic carbocycles. The number of aliphatic hydroxyl groups excluding tert-OH is 1. The number of carbonyl (C=O) groups is 1. The normalized spacial score (nSPS) is 16.6. The average molecular weight is 441 g/mol. The number of aromatic amines is 1. The van der Waals surface area contributed by atoms with Gasteiger partial charge < -0.3 is 20.1 Å². The Morgan fingerprint density at radius 3 is 2.69 bits per heavy atom. The SMILES string of the molecule is Cc1n[nH]c(C)c1C(=O)NC[C@@H](O)CN1CCC(Oc2ccc(Cl)c(Cl)c2)CC1. The summed E-state index contributed by atoms with van der Waals surface area (Å²) in [5, 5.41) is 20.9. The third-order valence-corrected chi connectivity index (χ3v) is 5.79. The van der Waals surface area contributed by atoms with Crippen LogP contribution in [0.25, 0.3) is 0 Å². The molecule has 1 aromatic carbocycles. The Balaban J connectivity index is 1.39. The number of likely N-dealkylation sites (tertiary alicyclic amines) is 1. The van der Waals surface area contributed by atoms with E-state index in [0.29, 0.717) is 33.6 Å². The summed E-state index contributed by atoms with van der Waals surface area (Å²) in [7, 11) is 0. The van der Waals surface area contributed by atoms with Crippen LogP contribution in [0, 0.1) is 13.8 Å². The highest BCUT2D eigenvalue weighted by molar-refractivity contribution is 6.42. The summed E-state index contributed by atoms with van der Waals surface area (Å²) >= 11 is 12.0. The molecule has 0 saturated carbocycles. The van der Waals surface area contributed by atoms with E-state index in [1.165, 1.54) is 0 Å². The van der Waals surface area contributed by atoms with Gasteiger partial charge in [-0.15, -0.1) is 0 Å². The van der Waals surface area contributed by atoms with Gasteiger partial charge in [-0.2, -0.15) is 5.10 Å². The largest absolute Gasteiger partial charge is 0.490 e. The van der Waals surface area contributed by atoms with Crippen molar-refractivity contribution in [3.05, 3.63) is 45.2 Å². The van der Waals surface area contributed by atoms with Crippen LogP contribution >= 0.6 is 23.2 Å². The number of H-pyrrole nitrogens is 1. The molecule has 1 saturated heterocycles. The number of aryl methyl sites for hydroxylation is 2. The van der Waals surface area contributed by atoms with Gasteiger partial charge >= 0.3 is 0 Å². The fraction of sp³-hybridized carbons (Fsp3) is 0.500. The van der Waals surface area contributed by atoms with Crippen LogP contribution in [0.1, 0.15) is 34.6 Å².